The van der Waals surface area contributed by atoms with Crippen LogP contribution in [0.25, 0.3) is 11.4 Å². The van der Waals surface area contributed by atoms with E-state index in [2.05, 4.69) is 22.2 Å². The Balaban J connectivity index is 1.84. The summed E-state index contributed by atoms with van der Waals surface area (Å²) < 4.78 is 0. The summed E-state index contributed by atoms with van der Waals surface area (Å²) in [6.07, 6.45) is 2.43. The lowest BCUT2D eigenvalue weighted by Gasteiger charge is -2.07. The van der Waals surface area contributed by atoms with Gasteiger partial charge in [0, 0.05) is 17.7 Å². The van der Waals surface area contributed by atoms with Crippen molar-refractivity contribution in [3.63, 3.8) is 0 Å². The molecule has 2 unspecified atom stereocenters. The van der Waals surface area contributed by atoms with Crippen LogP contribution in [0.4, 0.5) is 5.82 Å². The fourth-order valence-corrected chi connectivity index (χ4v) is 2.46. The second-order valence-electron chi connectivity index (χ2n) is 4.92. The molecule has 1 saturated carbocycles. The molecule has 2 atom stereocenters. The smallest absolute Gasteiger partial charge is 0.163 e. The van der Waals surface area contributed by atoms with E-state index in [4.69, 9.17) is 11.6 Å². The second-order valence-corrected chi connectivity index (χ2v) is 5.31. The monoisotopic (exact) mass is 273 g/mol. The van der Waals surface area contributed by atoms with Gasteiger partial charge in [-0.1, -0.05) is 55.3 Å². The Kier molecular flexibility index (Phi) is 3.38. The van der Waals surface area contributed by atoms with Crippen molar-refractivity contribution in [2.24, 2.45) is 5.92 Å². The fourth-order valence-electron chi connectivity index (χ4n) is 2.27. The lowest BCUT2D eigenvalue weighted by molar-refractivity contribution is 0.773. The van der Waals surface area contributed by atoms with Gasteiger partial charge in [0.15, 0.2) is 5.82 Å². The van der Waals surface area contributed by atoms with E-state index in [1.807, 2.05) is 30.3 Å². The van der Waals surface area contributed by atoms with Crippen molar-refractivity contribution in [3.8, 4) is 11.4 Å². The first-order chi connectivity index (χ1) is 9.26. The molecule has 0 aliphatic heterocycles. The minimum Gasteiger partial charge on any atom is -0.367 e. The van der Waals surface area contributed by atoms with Crippen LogP contribution in [0.15, 0.2) is 36.4 Å². The average Bonchev–Trinajstić information content (AvgIpc) is 3.17. The van der Waals surface area contributed by atoms with Crippen molar-refractivity contribution in [2.45, 2.75) is 25.8 Å². The lowest BCUT2D eigenvalue weighted by atomic mass is 10.2. The fraction of sp³-hybridized carbons (Fsp3) is 0.333. The summed E-state index contributed by atoms with van der Waals surface area (Å²) in [6.45, 7) is 2.22. The Hall–Kier alpha value is -1.61. The minimum absolute atomic E-state index is 0.477. The Labute approximate surface area is 118 Å². The van der Waals surface area contributed by atoms with Crippen molar-refractivity contribution >= 4 is 17.4 Å². The summed E-state index contributed by atoms with van der Waals surface area (Å²) in [6, 6.07) is 12.2. The molecule has 1 aromatic carbocycles. The van der Waals surface area contributed by atoms with Crippen LogP contribution in [0.3, 0.4) is 0 Å². The molecule has 3 nitrogen and oxygen atoms in total. The Morgan fingerprint density at radius 3 is 2.74 bits per heavy atom. The van der Waals surface area contributed by atoms with Gasteiger partial charge in [-0.15, -0.1) is 0 Å². The summed E-state index contributed by atoms with van der Waals surface area (Å²) in [4.78, 5) is 8.83. The number of hydrogen-bond donors (Lipinski definition) is 1. The third-order valence-corrected chi connectivity index (χ3v) is 3.70. The molecule has 0 bridgehead atoms. The number of hydrogen-bond acceptors (Lipinski definition) is 3. The number of nitrogens with zero attached hydrogens (tertiary/aromatic N) is 2. The zero-order valence-electron chi connectivity index (χ0n) is 10.8. The quantitative estimate of drug-likeness (QED) is 0.856. The van der Waals surface area contributed by atoms with Gasteiger partial charge in [-0.05, 0) is 12.3 Å². The molecular weight excluding hydrogens is 258 g/mol. The maximum absolute atomic E-state index is 6.08. The molecule has 0 radical (unpaired) electrons. The summed E-state index contributed by atoms with van der Waals surface area (Å²) in [7, 11) is 0. The van der Waals surface area contributed by atoms with Crippen LogP contribution in [-0.2, 0) is 0 Å². The van der Waals surface area contributed by atoms with E-state index < -0.39 is 0 Å². The van der Waals surface area contributed by atoms with Crippen LogP contribution in [0, 0.1) is 5.92 Å². The van der Waals surface area contributed by atoms with Gasteiger partial charge in [-0.3, -0.25) is 0 Å². The molecule has 4 heteroatoms. The van der Waals surface area contributed by atoms with Crippen LogP contribution in [0.2, 0.25) is 5.15 Å². The number of aromatic nitrogens is 2. The molecular formula is C15H16ClN3. The molecule has 1 fully saturated rings. The molecule has 1 aliphatic rings. The minimum atomic E-state index is 0.477. The van der Waals surface area contributed by atoms with E-state index in [1.165, 1.54) is 12.8 Å². The van der Waals surface area contributed by atoms with Gasteiger partial charge < -0.3 is 5.32 Å². The Morgan fingerprint density at radius 2 is 2.05 bits per heavy atom. The molecule has 1 N–H and O–H groups in total. The molecule has 0 amide bonds. The first-order valence-corrected chi connectivity index (χ1v) is 7.00. The van der Waals surface area contributed by atoms with Crippen molar-refractivity contribution in [1.29, 1.82) is 0 Å². The van der Waals surface area contributed by atoms with Crippen molar-refractivity contribution in [2.75, 3.05) is 5.32 Å². The van der Waals surface area contributed by atoms with Crippen molar-refractivity contribution in [3.05, 3.63) is 41.6 Å². The largest absolute Gasteiger partial charge is 0.367 e. The van der Waals surface area contributed by atoms with Gasteiger partial charge in [-0.2, -0.15) is 0 Å². The zero-order chi connectivity index (χ0) is 13.2. The van der Waals surface area contributed by atoms with Gasteiger partial charge in [0.05, 0.1) is 0 Å². The van der Waals surface area contributed by atoms with Gasteiger partial charge in [-0.25, -0.2) is 9.97 Å². The maximum atomic E-state index is 6.08. The Bertz CT molecular complexity index is 571. The van der Waals surface area contributed by atoms with E-state index in [0.717, 1.165) is 17.3 Å². The van der Waals surface area contributed by atoms with E-state index in [9.17, 15) is 0 Å². The van der Waals surface area contributed by atoms with Gasteiger partial charge >= 0.3 is 0 Å². The topological polar surface area (TPSA) is 37.8 Å². The van der Waals surface area contributed by atoms with Crippen LogP contribution in [0.1, 0.15) is 19.8 Å². The average molecular weight is 274 g/mol. The van der Waals surface area contributed by atoms with E-state index in [0.29, 0.717) is 17.0 Å². The highest BCUT2D eigenvalue weighted by molar-refractivity contribution is 6.29. The van der Waals surface area contributed by atoms with Crippen molar-refractivity contribution in [1.82, 2.24) is 9.97 Å². The highest BCUT2D eigenvalue weighted by Crippen LogP contribution is 2.36. The number of halogens is 1. The number of benzene rings is 1. The molecule has 0 saturated heterocycles. The predicted molar refractivity (Wildman–Crippen MR) is 78.3 cm³/mol. The molecule has 2 aromatic rings. The first-order valence-electron chi connectivity index (χ1n) is 6.63. The SMILES string of the molecule is CCC1CC1Nc1cc(Cl)nc(-c2ccccc2)n1. The highest BCUT2D eigenvalue weighted by Gasteiger charge is 2.35. The van der Waals surface area contributed by atoms with Crippen LogP contribution in [-0.4, -0.2) is 16.0 Å². The highest BCUT2D eigenvalue weighted by atomic mass is 35.5. The standard InChI is InChI=1S/C15H16ClN3/c1-2-10-8-12(10)17-14-9-13(16)18-15(19-14)11-6-4-3-5-7-11/h3-7,9-10,12H,2,8H2,1H3,(H,17,18,19). The summed E-state index contributed by atoms with van der Waals surface area (Å²) >= 11 is 6.08. The van der Waals surface area contributed by atoms with E-state index in [-0.39, 0.29) is 0 Å². The number of anilines is 1. The summed E-state index contributed by atoms with van der Waals surface area (Å²) in [5, 5.41) is 3.91. The van der Waals surface area contributed by atoms with Gasteiger partial charge in [0.2, 0.25) is 0 Å². The van der Waals surface area contributed by atoms with Crippen LogP contribution in [0.5, 0.6) is 0 Å². The van der Waals surface area contributed by atoms with E-state index >= 15 is 0 Å². The second kappa shape index (κ2) is 5.17. The maximum Gasteiger partial charge on any atom is 0.163 e. The molecule has 1 aromatic heterocycles. The summed E-state index contributed by atoms with van der Waals surface area (Å²) in [5.74, 6) is 2.26. The first kappa shape index (κ1) is 12.4. The van der Waals surface area contributed by atoms with Gasteiger partial charge in [0.1, 0.15) is 11.0 Å². The third-order valence-electron chi connectivity index (χ3n) is 3.51. The third kappa shape index (κ3) is 2.87. The lowest BCUT2D eigenvalue weighted by Crippen LogP contribution is -2.07. The normalized spacial score (nSPS) is 21.2. The van der Waals surface area contributed by atoms with Gasteiger partial charge in [0.25, 0.3) is 0 Å². The predicted octanol–water partition coefficient (Wildman–Crippen LogP) is 4.01. The molecule has 1 heterocycles. The van der Waals surface area contributed by atoms with Crippen molar-refractivity contribution < 1.29 is 0 Å². The van der Waals surface area contributed by atoms with Crippen LogP contribution >= 0.6 is 11.6 Å². The molecule has 98 valence electrons. The molecule has 19 heavy (non-hydrogen) atoms. The molecule has 1 aliphatic carbocycles. The Morgan fingerprint density at radius 1 is 1.26 bits per heavy atom. The number of rotatable bonds is 4. The molecule has 3 rings (SSSR count). The summed E-state index contributed by atoms with van der Waals surface area (Å²) in [5.41, 5.74) is 0.982. The number of nitrogens with one attached hydrogen (secondary N) is 1. The van der Waals surface area contributed by atoms with Crippen LogP contribution < -0.4 is 5.32 Å². The van der Waals surface area contributed by atoms with E-state index in [1.54, 1.807) is 6.07 Å². The molecule has 0 spiro atoms. The zero-order valence-corrected chi connectivity index (χ0v) is 11.6.